The quantitative estimate of drug-likeness (QED) is 0.557. The lowest BCUT2D eigenvalue weighted by molar-refractivity contribution is -0.122. The SMILES string of the molecule is CCCOC(=O)c1cccc(N=C2S/C(=C/c3ccccc3O)C(=O)N2CC)c1. The number of amides is 1. The summed E-state index contributed by atoms with van der Waals surface area (Å²) in [7, 11) is 0. The minimum atomic E-state index is -0.392. The van der Waals surface area contributed by atoms with Crippen LogP contribution in [0.3, 0.4) is 0 Å². The zero-order chi connectivity index (χ0) is 20.8. The van der Waals surface area contributed by atoms with Crippen LogP contribution < -0.4 is 0 Å². The summed E-state index contributed by atoms with van der Waals surface area (Å²) in [6.45, 7) is 4.63. The highest BCUT2D eigenvalue weighted by Gasteiger charge is 2.32. The molecular formula is C22H22N2O4S. The number of esters is 1. The number of phenols is 1. The van der Waals surface area contributed by atoms with Gasteiger partial charge in [-0.15, -0.1) is 0 Å². The van der Waals surface area contributed by atoms with Gasteiger partial charge < -0.3 is 9.84 Å². The average Bonchev–Trinajstić information content (AvgIpc) is 3.02. The second-order valence-corrected chi connectivity index (χ2v) is 7.31. The fourth-order valence-corrected chi connectivity index (χ4v) is 3.77. The zero-order valence-corrected chi connectivity index (χ0v) is 17.1. The van der Waals surface area contributed by atoms with Crippen LogP contribution in [0, 0.1) is 0 Å². The van der Waals surface area contributed by atoms with E-state index in [9.17, 15) is 14.7 Å². The molecule has 1 fully saturated rings. The Balaban J connectivity index is 1.88. The number of likely N-dealkylation sites (N-methyl/N-ethyl adjacent to an activating group) is 1. The Hall–Kier alpha value is -3.06. The van der Waals surface area contributed by atoms with E-state index < -0.39 is 5.97 Å². The van der Waals surface area contributed by atoms with E-state index in [1.807, 2.05) is 13.8 Å². The first kappa shape index (κ1) is 20.7. The average molecular weight is 410 g/mol. The minimum absolute atomic E-state index is 0.111. The van der Waals surface area contributed by atoms with E-state index in [1.54, 1.807) is 59.5 Å². The fourth-order valence-electron chi connectivity index (χ4n) is 2.71. The Morgan fingerprint density at radius 1 is 1.21 bits per heavy atom. The Morgan fingerprint density at radius 2 is 2.00 bits per heavy atom. The zero-order valence-electron chi connectivity index (χ0n) is 16.3. The van der Waals surface area contributed by atoms with Crippen LogP contribution in [0.2, 0.25) is 0 Å². The molecular weight excluding hydrogens is 388 g/mol. The Morgan fingerprint density at radius 3 is 2.72 bits per heavy atom. The molecule has 150 valence electrons. The predicted octanol–water partition coefficient (Wildman–Crippen LogP) is 4.58. The first-order chi connectivity index (χ1) is 14.0. The van der Waals surface area contributed by atoms with E-state index in [1.165, 1.54) is 11.8 Å². The molecule has 2 aromatic rings. The fraction of sp³-hybridized carbons (Fsp3) is 0.227. The number of phenolic OH excluding ortho intramolecular Hbond substituents is 1. The molecule has 0 saturated carbocycles. The van der Waals surface area contributed by atoms with Crippen LogP contribution in [0.5, 0.6) is 5.75 Å². The van der Waals surface area contributed by atoms with Gasteiger partial charge in [0.1, 0.15) is 5.75 Å². The maximum Gasteiger partial charge on any atom is 0.338 e. The van der Waals surface area contributed by atoms with Crippen LogP contribution in [0.4, 0.5) is 5.69 Å². The largest absolute Gasteiger partial charge is 0.507 e. The topological polar surface area (TPSA) is 79.2 Å². The second kappa shape index (κ2) is 9.43. The molecule has 0 atom stereocenters. The normalized spacial score (nSPS) is 16.6. The molecule has 2 aromatic carbocycles. The lowest BCUT2D eigenvalue weighted by Crippen LogP contribution is -2.28. The van der Waals surface area contributed by atoms with E-state index in [-0.39, 0.29) is 11.7 Å². The maximum atomic E-state index is 12.7. The van der Waals surface area contributed by atoms with E-state index in [0.717, 1.165) is 6.42 Å². The predicted molar refractivity (Wildman–Crippen MR) is 115 cm³/mol. The summed E-state index contributed by atoms with van der Waals surface area (Å²) in [5.41, 5.74) is 1.55. The molecule has 1 heterocycles. The molecule has 1 saturated heterocycles. The Kier molecular flexibility index (Phi) is 6.72. The van der Waals surface area contributed by atoms with E-state index in [2.05, 4.69) is 4.99 Å². The van der Waals surface area contributed by atoms with Crippen molar-refractivity contribution in [2.75, 3.05) is 13.2 Å². The van der Waals surface area contributed by atoms with Gasteiger partial charge in [-0.2, -0.15) is 0 Å². The van der Waals surface area contributed by atoms with Gasteiger partial charge in [-0.3, -0.25) is 9.69 Å². The van der Waals surface area contributed by atoms with Crippen molar-refractivity contribution < 1.29 is 19.4 Å². The molecule has 0 aliphatic carbocycles. The smallest absolute Gasteiger partial charge is 0.338 e. The Labute approximate surface area is 173 Å². The number of thioether (sulfide) groups is 1. The number of hydrogen-bond acceptors (Lipinski definition) is 6. The van der Waals surface area contributed by atoms with Crippen molar-refractivity contribution >= 4 is 40.6 Å². The maximum absolute atomic E-state index is 12.7. The van der Waals surface area contributed by atoms with Crippen LogP contribution in [0.1, 0.15) is 36.2 Å². The van der Waals surface area contributed by atoms with Gasteiger partial charge in [-0.25, -0.2) is 9.79 Å². The highest BCUT2D eigenvalue weighted by atomic mass is 32.2. The molecule has 6 nitrogen and oxygen atoms in total. The first-order valence-corrected chi connectivity index (χ1v) is 10.2. The third kappa shape index (κ3) is 4.86. The van der Waals surface area contributed by atoms with Crippen LogP contribution in [0.15, 0.2) is 58.4 Å². The minimum Gasteiger partial charge on any atom is -0.507 e. The van der Waals surface area contributed by atoms with Gasteiger partial charge in [-0.1, -0.05) is 31.2 Å². The molecule has 3 rings (SSSR count). The highest BCUT2D eigenvalue weighted by Crippen LogP contribution is 2.35. The van der Waals surface area contributed by atoms with E-state index in [0.29, 0.717) is 40.0 Å². The van der Waals surface area contributed by atoms with Gasteiger partial charge in [-0.05, 0) is 55.4 Å². The van der Waals surface area contributed by atoms with Crippen molar-refractivity contribution in [2.45, 2.75) is 20.3 Å². The highest BCUT2D eigenvalue weighted by molar-refractivity contribution is 8.18. The molecule has 1 N–H and O–H groups in total. The van der Waals surface area contributed by atoms with Crippen molar-refractivity contribution in [3.63, 3.8) is 0 Å². The number of nitrogens with zero attached hydrogens (tertiary/aromatic N) is 2. The van der Waals surface area contributed by atoms with Gasteiger partial charge in [0.05, 0.1) is 22.8 Å². The molecule has 0 spiro atoms. The monoisotopic (exact) mass is 410 g/mol. The van der Waals surface area contributed by atoms with Crippen LogP contribution >= 0.6 is 11.8 Å². The van der Waals surface area contributed by atoms with Crippen molar-refractivity contribution in [2.24, 2.45) is 4.99 Å². The van der Waals surface area contributed by atoms with E-state index >= 15 is 0 Å². The lowest BCUT2D eigenvalue weighted by Gasteiger charge is -2.12. The number of para-hydroxylation sites is 1. The van der Waals surface area contributed by atoms with Gasteiger partial charge in [0.25, 0.3) is 5.91 Å². The number of hydrogen-bond donors (Lipinski definition) is 1. The molecule has 1 aliphatic rings. The van der Waals surface area contributed by atoms with Gasteiger partial charge >= 0.3 is 5.97 Å². The number of carbonyl (C=O) groups is 2. The van der Waals surface area contributed by atoms with E-state index in [4.69, 9.17) is 4.74 Å². The molecule has 0 bridgehead atoms. The summed E-state index contributed by atoms with van der Waals surface area (Å²) in [4.78, 5) is 31.4. The van der Waals surface area contributed by atoms with Crippen molar-refractivity contribution in [1.29, 1.82) is 0 Å². The third-order valence-electron chi connectivity index (χ3n) is 4.17. The number of aromatic hydroxyl groups is 1. The molecule has 1 amide bonds. The molecule has 0 aromatic heterocycles. The number of ether oxygens (including phenoxy) is 1. The molecule has 0 radical (unpaired) electrons. The Bertz CT molecular complexity index is 984. The standard InChI is InChI=1S/C22H22N2O4S/c1-3-12-28-21(27)16-9-7-10-17(13-16)23-22-24(4-2)20(26)19(29-22)14-15-8-5-6-11-18(15)25/h5-11,13-14,25H,3-4,12H2,1-2H3/b19-14+,23-22?. The van der Waals surface area contributed by atoms with Gasteiger partial charge in [0.2, 0.25) is 0 Å². The summed E-state index contributed by atoms with van der Waals surface area (Å²) < 4.78 is 5.17. The van der Waals surface area contributed by atoms with Crippen LogP contribution in [0.25, 0.3) is 6.08 Å². The van der Waals surface area contributed by atoms with Crippen molar-refractivity contribution in [3.05, 3.63) is 64.6 Å². The van der Waals surface area contributed by atoms with Gasteiger partial charge in [0.15, 0.2) is 5.17 Å². The van der Waals surface area contributed by atoms with Crippen molar-refractivity contribution in [3.8, 4) is 5.75 Å². The summed E-state index contributed by atoms with van der Waals surface area (Å²) in [5, 5.41) is 10.5. The summed E-state index contributed by atoms with van der Waals surface area (Å²) >= 11 is 1.24. The molecule has 0 unspecified atom stereocenters. The molecule has 7 heteroatoms. The lowest BCUT2D eigenvalue weighted by atomic mass is 10.2. The summed E-state index contributed by atoms with van der Waals surface area (Å²) in [5.74, 6) is -0.449. The summed E-state index contributed by atoms with van der Waals surface area (Å²) in [6, 6.07) is 13.7. The molecule has 1 aliphatic heterocycles. The van der Waals surface area contributed by atoms with Crippen molar-refractivity contribution in [1.82, 2.24) is 4.90 Å². The summed E-state index contributed by atoms with van der Waals surface area (Å²) in [6.07, 6.45) is 2.41. The van der Waals surface area contributed by atoms with Crippen LogP contribution in [-0.2, 0) is 9.53 Å². The third-order valence-corrected chi connectivity index (χ3v) is 5.18. The number of amidine groups is 1. The number of carbonyl (C=O) groups excluding carboxylic acids is 2. The second-order valence-electron chi connectivity index (χ2n) is 6.30. The number of aliphatic imine (C=N–C) groups is 1. The number of rotatable bonds is 6. The van der Waals surface area contributed by atoms with Crippen LogP contribution in [-0.4, -0.2) is 40.2 Å². The molecule has 29 heavy (non-hydrogen) atoms. The number of benzene rings is 2. The first-order valence-electron chi connectivity index (χ1n) is 9.38. The van der Waals surface area contributed by atoms with Gasteiger partial charge in [0, 0.05) is 12.1 Å².